The summed E-state index contributed by atoms with van der Waals surface area (Å²) in [5.41, 5.74) is 3.35. The molecule has 0 spiro atoms. The van der Waals surface area contributed by atoms with Crippen LogP contribution in [0.15, 0.2) is 22.6 Å². The molecule has 4 heteroatoms. The largest absolute Gasteiger partial charge is 0.466 e. The van der Waals surface area contributed by atoms with Gasteiger partial charge in [-0.05, 0) is 50.6 Å². The highest BCUT2D eigenvalue weighted by Gasteiger charge is 2.23. The normalized spacial score (nSPS) is 12.7. The van der Waals surface area contributed by atoms with E-state index >= 15 is 0 Å². The molecule has 0 aliphatic heterocycles. The Morgan fingerprint density at radius 3 is 2.35 bits per heavy atom. The van der Waals surface area contributed by atoms with Gasteiger partial charge in [-0.3, -0.25) is 0 Å². The van der Waals surface area contributed by atoms with Crippen LogP contribution >= 0.6 is 23.2 Å². The molecule has 1 aromatic heterocycles. The van der Waals surface area contributed by atoms with Crippen LogP contribution in [0.2, 0.25) is 10.0 Å². The average Bonchev–Trinajstić information content (AvgIpc) is 2.62. The van der Waals surface area contributed by atoms with E-state index in [4.69, 9.17) is 27.6 Å². The van der Waals surface area contributed by atoms with Gasteiger partial charge in [0.15, 0.2) is 0 Å². The van der Waals surface area contributed by atoms with Crippen molar-refractivity contribution in [2.24, 2.45) is 0 Å². The van der Waals surface area contributed by atoms with Crippen LogP contribution in [0.25, 0.3) is 0 Å². The Morgan fingerprint density at radius 1 is 1.15 bits per heavy atom. The van der Waals surface area contributed by atoms with Crippen molar-refractivity contribution >= 4 is 23.2 Å². The highest BCUT2D eigenvalue weighted by atomic mass is 35.5. The molecule has 0 saturated carbocycles. The summed E-state index contributed by atoms with van der Waals surface area (Å²) in [5, 5.41) is 4.79. The van der Waals surface area contributed by atoms with Crippen LogP contribution in [0.3, 0.4) is 0 Å². The van der Waals surface area contributed by atoms with Crippen molar-refractivity contribution in [3.8, 4) is 0 Å². The topological polar surface area (TPSA) is 25.2 Å². The fourth-order valence-corrected chi connectivity index (χ4v) is 3.06. The van der Waals surface area contributed by atoms with E-state index < -0.39 is 0 Å². The summed E-state index contributed by atoms with van der Waals surface area (Å²) < 4.78 is 5.75. The summed E-state index contributed by atoms with van der Waals surface area (Å²) in [7, 11) is 0. The predicted molar refractivity (Wildman–Crippen MR) is 84.9 cm³/mol. The van der Waals surface area contributed by atoms with Crippen molar-refractivity contribution in [3.63, 3.8) is 0 Å². The van der Waals surface area contributed by atoms with Crippen molar-refractivity contribution < 1.29 is 4.42 Å². The van der Waals surface area contributed by atoms with Crippen molar-refractivity contribution in [1.82, 2.24) is 5.32 Å². The third kappa shape index (κ3) is 2.88. The number of aryl methyl sites for hydroxylation is 2. The number of hydrogen-bond donors (Lipinski definition) is 1. The van der Waals surface area contributed by atoms with E-state index in [1.54, 1.807) is 6.07 Å². The zero-order valence-corrected chi connectivity index (χ0v) is 13.7. The molecule has 1 unspecified atom stereocenters. The van der Waals surface area contributed by atoms with E-state index in [0.29, 0.717) is 10.0 Å². The van der Waals surface area contributed by atoms with Crippen LogP contribution in [0.5, 0.6) is 0 Å². The lowest BCUT2D eigenvalue weighted by molar-refractivity contribution is 0.494. The molecule has 0 saturated heterocycles. The van der Waals surface area contributed by atoms with Crippen LogP contribution in [0.4, 0.5) is 0 Å². The van der Waals surface area contributed by atoms with E-state index in [2.05, 4.69) is 19.2 Å². The van der Waals surface area contributed by atoms with Gasteiger partial charge in [0.1, 0.15) is 11.5 Å². The molecule has 20 heavy (non-hydrogen) atoms. The fraction of sp³-hybridized carbons (Fsp3) is 0.375. The molecule has 1 heterocycles. The Hall–Kier alpha value is -0.960. The summed E-state index contributed by atoms with van der Waals surface area (Å²) in [6.07, 6.45) is 0. The molecular formula is C16H19Cl2NO. The average molecular weight is 312 g/mol. The molecule has 1 aromatic carbocycles. The quantitative estimate of drug-likeness (QED) is 0.838. The van der Waals surface area contributed by atoms with E-state index in [-0.39, 0.29) is 6.04 Å². The number of nitrogens with one attached hydrogen (secondary N) is 1. The third-order valence-corrected chi connectivity index (χ3v) is 4.15. The van der Waals surface area contributed by atoms with E-state index in [9.17, 15) is 0 Å². The smallest absolute Gasteiger partial charge is 0.106 e. The third-order valence-electron chi connectivity index (χ3n) is 3.59. The second-order valence-electron chi connectivity index (χ2n) is 4.91. The number of benzene rings is 1. The van der Waals surface area contributed by atoms with E-state index in [0.717, 1.165) is 29.2 Å². The Kier molecular flexibility index (Phi) is 4.79. The van der Waals surface area contributed by atoms with Gasteiger partial charge in [0.25, 0.3) is 0 Å². The minimum Gasteiger partial charge on any atom is -0.466 e. The standard InChI is InChI=1S/C16H19Cl2NO/c1-5-19-16(13-7-6-12(17)8-14(13)18)15-9(2)10(3)20-11(15)4/h6-8,16,19H,5H2,1-4H3. The molecule has 0 fully saturated rings. The minimum absolute atomic E-state index is 0.0159. The molecule has 2 rings (SSSR count). The predicted octanol–water partition coefficient (Wildman–Crippen LogP) is 5.21. The van der Waals surface area contributed by atoms with Crippen molar-refractivity contribution in [2.75, 3.05) is 6.54 Å². The van der Waals surface area contributed by atoms with Gasteiger partial charge in [0.2, 0.25) is 0 Å². The number of rotatable bonds is 4. The van der Waals surface area contributed by atoms with Gasteiger partial charge in [-0.2, -0.15) is 0 Å². The van der Waals surface area contributed by atoms with Gasteiger partial charge >= 0.3 is 0 Å². The van der Waals surface area contributed by atoms with Crippen LogP contribution in [-0.4, -0.2) is 6.54 Å². The number of furan rings is 1. The molecule has 0 aliphatic rings. The number of hydrogen-bond acceptors (Lipinski definition) is 2. The summed E-state index contributed by atoms with van der Waals surface area (Å²) in [5.74, 6) is 1.88. The summed E-state index contributed by atoms with van der Waals surface area (Å²) in [6, 6.07) is 5.63. The SMILES string of the molecule is CCNC(c1ccc(Cl)cc1Cl)c1c(C)oc(C)c1C. The zero-order chi connectivity index (χ0) is 14.9. The second-order valence-corrected chi connectivity index (χ2v) is 5.75. The lowest BCUT2D eigenvalue weighted by Gasteiger charge is -2.20. The maximum Gasteiger partial charge on any atom is 0.106 e. The molecular weight excluding hydrogens is 293 g/mol. The van der Waals surface area contributed by atoms with Gasteiger partial charge < -0.3 is 9.73 Å². The van der Waals surface area contributed by atoms with Crippen molar-refractivity contribution in [3.05, 3.63) is 56.5 Å². The van der Waals surface area contributed by atoms with Gasteiger partial charge in [-0.1, -0.05) is 36.2 Å². The molecule has 1 N–H and O–H groups in total. The summed E-state index contributed by atoms with van der Waals surface area (Å²) in [6.45, 7) is 8.97. The van der Waals surface area contributed by atoms with Gasteiger partial charge in [0.05, 0.1) is 6.04 Å². The van der Waals surface area contributed by atoms with Crippen LogP contribution in [0, 0.1) is 20.8 Å². The highest BCUT2D eigenvalue weighted by Crippen LogP contribution is 2.35. The highest BCUT2D eigenvalue weighted by molar-refractivity contribution is 6.35. The number of halogens is 2. The van der Waals surface area contributed by atoms with Crippen molar-refractivity contribution in [1.29, 1.82) is 0 Å². The van der Waals surface area contributed by atoms with E-state index in [1.807, 2.05) is 26.0 Å². The lowest BCUT2D eigenvalue weighted by Crippen LogP contribution is -2.23. The van der Waals surface area contributed by atoms with Crippen LogP contribution < -0.4 is 5.32 Å². The van der Waals surface area contributed by atoms with Gasteiger partial charge in [0, 0.05) is 15.6 Å². The first-order valence-electron chi connectivity index (χ1n) is 6.70. The first-order valence-corrected chi connectivity index (χ1v) is 7.46. The first-order chi connectivity index (χ1) is 9.45. The van der Waals surface area contributed by atoms with Crippen LogP contribution in [0.1, 0.15) is 41.2 Å². The molecule has 0 radical (unpaired) electrons. The van der Waals surface area contributed by atoms with E-state index in [1.165, 1.54) is 5.56 Å². The molecule has 108 valence electrons. The van der Waals surface area contributed by atoms with Crippen molar-refractivity contribution in [2.45, 2.75) is 33.7 Å². The molecule has 1 atom stereocenters. The Balaban J connectivity index is 2.56. The minimum atomic E-state index is 0.0159. The second kappa shape index (κ2) is 6.21. The fourth-order valence-electron chi connectivity index (χ4n) is 2.54. The molecule has 2 nitrogen and oxygen atoms in total. The molecule has 2 aromatic rings. The summed E-state index contributed by atoms with van der Waals surface area (Å²) in [4.78, 5) is 0. The lowest BCUT2D eigenvalue weighted by atomic mass is 9.95. The zero-order valence-electron chi connectivity index (χ0n) is 12.2. The maximum absolute atomic E-state index is 6.37. The monoisotopic (exact) mass is 311 g/mol. The Labute approximate surface area is 130 Å². The van der Waals surface area contributed by atoms with Gasteiger partial charge in [-0.25, -0.2) is 0 Å². The Morgan fingerprint density at radius 2 is 1.85 bits per heavy atom. The van der Waals surface area contributed by atoms with Gasteiger partial charge in [-0.15, -0.1) is 0 Å². The summed E-state index contributed by atoms with van der Waals surface area (Å²) >= 11 is 12.4. The molecule has 0 amide bonds. The Bertz CT molecular complexity index is 619. The maximum atomic E-state index is 6.37. The first kappa shape index (κ1) is 15.4. The van der Waals surface area contributed by atoms with Crippen LogP contribution in [-0.2, 0) is 0 Å². The molecule has 0 bridgehead atoms. The molecule has 0 aliphatic carbocycles.